The average molecular weight is 433 g/mol. The average Bonchev–Trinajstić information content (AvgIpc) is 3.18. The van der Waals surface area contributed by atoms with Crippen molar-refractivity contribution in [3.63, 3.8) is 0 Å². The highest BCUT2D eigenvalue weighted by atomic mass is 19.4. The van der Waals surface area contributed by atoms with Gasteiger partial charge in [0, 0.05) is 19.6 Å². The van der Waals surface area contributed by atoms with Gasteiger partial charge in [-0.2, -0.15) is 13.2 Å². The number of alkyl halides is 3. The number of rotatable bonds is 4. The number of amides is 1. The van der Waals surface area contributed by atoms with Gasteiger partial charge in [0.05, 0.1) is 11.3 Å². The second-order valence-corrected chi connectivity index (χ2v) is 7.55. The standard InChI is InChI=1S/C22H22F3N3O3/c23-22(24,25)18-8-6-17(7-9-18)19-14-21(31-27-19)10-12-28(13-11-21)30-20(29)26-15-16-4-2-1-3-5-16/h1-9,14,27H,10-13,15H2,(H,26,29). The normalized spacial score (nSPS) is 18.4. The van der Waals surface area contributed by atoms with Gasteiger partial charge < -0.3 is 10.2 Å². The maximum Gasteiger partial charge on any atom is 0.426 e. The molecular weight excluding hydrogens is 411 g/mol. The molecule has 6 nitrogen and oxygen atoms in total. The van der Waals surface area contributed by atoms with E-state index in [4.69, 9.17) is 9.68 Å². The molecule has 2 aliphatic heterocycles. The Morgan fingerprint density at radius 1 is 1.10 bits per heavy atom. The Labute approximate surface area is 177 Å². The van der Waals surface area contributed by atoms with E-state index in [1.807, 2.05) is 36.4 Å². The Morgan fingerprint density at radius 2 is 1.77 bits per heavy atom. The van der Waals surface area contributed by atoms with Crippen molar-refractivity contribution in [1.82, 2.24) is 15.9 Å². The summed E-state index contributed by atoms with van der Waals surface area (Å²) in [4.78, 5) is 23.1. The molecule has 2 aliphatic rings. The monoisotopic (exact) mass is 433 g/mol. The summed E-state index contributed by atoms with van der Waals surface area (Å²) < 4.78 is 38.2. The molecule has 9 heteroatoms. The van der Waals surface area contributed by atoms with E-state index in [1.54, 1.807) is 5.06 Å². The van der Waals surface area contributed by atoms with Crippen LogP contribution in [0.2, 0.25) is 0 Å². The number of hydrogen-bond donors (Lipinski definition) is 2. The van der Waals surface area contributed by atoms with Crippen LogP contribution in [0.5, 0.6) is 0 Å². The largest absolute Gasteiger partial charge is 0.426 e. The molecule has 0 aromatic heterocycles. The van der Waals surface area contributed by atoms with Gasteiger partial charge in [-0.1, -0.05) is 42.5 Å². The third-order valence-corrected chi connectivity index (χ3v) is 5.36. The number of carbonyl (C=O) groups excluding carboxylic acids is 1. The van der Waals surface area contributed by atoms with Crippen LogP contribution < -0.4 is 10.8 Å². The van der Waals surface area contributed by atoms with Gasteiger partial charge in [-0.25, -0.2) is 4.79 Å². The number of piperidine rings is 1. The summed E-state index contributed by atoms with van der Waals surface area (Å²) in [6.07, 6.45) is -1.87. The first-order valence-electron chi connectivity index (χ1n) is 9.92. The van der Waals surface area contributed by atoms with E-state index in [9.17, 15) is 18.0 Å². The van der Waals surface area contributed by atoms with Crippen LogP contribution in [0.3, 0.4) is 0 Å². The topological polar surface area (TPSA) is 62.8 Å². The van der Waals surface area contributed by atoms with Gasteiger partial charge in [-0.15, -0.1) is 5.06 Å². The van der Waals surface area contributed by atoms with Crippen LogP contribution in [-0.2, 0) is 22.4 Å². The molecule has 1 fully saturated rings. The quantitative estimate of drug-likeness (QED) is 0.755. The van der Waals surface area contributed by atoms with Gasteiger partial charge in [0.25, 0.3) is 0 Å². The minimum absolute atomic E-state index is 0.379. The Hall–Kier alpha value is -3.04. The van der Waals surface area contributed by atoms with Crippen molar-refractivity contribution >= 4 is 11.8 Å². The van der Waals surface area contributed by atoms with Crippen LogP contribution in [0.25, 0.3) is 5.70 Å². The summed E-state index contributed by atoms with van der Waals surface area (Å²) >= 11 is 0. The van der Waals surface area contributed by atoms with Crippen LogP contribution in [0.4, 0.5) is 18.0 Å². The number of benzene rings is 2. The van der Waals surface area contributed by atoms with Crippen molar-refractivity contribution in [1.29, 1.82) is 0 Å². The zero-order valence-corrected chi connectivity index (χ0v) is 16.6. The molecule has 4 rings (SSSR count). The number of nitrogens with one attached hydrogen (secondary N) is 2. The fourth-order valence-corrected chi connectivity index (χ4v) is 3.58. The summed E-state index contributed by atoms with van der Waals surface area (Å²) in [5, 5.41) is 4.29. The minimum atomic E-state index is -4.37. The van der Waals surface area contributed by atoms with Crippen LogP contribution >= 0.6 is 0 Å². The third-order valence-electron chi connectivity index (χ3n) is 5.36. The summed E-state index contributed by atoms with van der Waals surface area (Å²) in [6, 6.07) is 14.5. The summed E-state index contributed by atoms with van der Waals surface area (Å²) in [6.45, 7) is 1.32. The predicted octanol–water partition coefficient (Wildman–Crippen LogP) is 4.26. The van der Waals surface area contributed by atoms with Crippen molar-refractivity contribution in [3.05, 3.63) is 77.4 Å². The molecular formula is C22H22F3N3O3. The van der Waals surface area contributed by atoms with E-state index < -0.39 is 23.4 Å². The molecule has 0 aliphatic carbocycles. The molecule has 2 aromatic rings. The Balaban J connectivity index is 1.29. The molecule has 0 atom stereocenters. The van der Waals surface area contributed by atoms with Gasteiger partial charge in [-0.3, -0.25) is 10.3 Å². The summed E-state index contributed by atoms with van der Waals surface area (Å²) in [5.41, 5.74) is 3.77. The number of halogens is 3. The second-order valence-electron chi connectivity index (χ2n) is 7.55. The first kappa shape index (κ1) is 21.2. The lowest BCUT2D eigenvalue weighted by molar-refractivity contribution is -0.156. The van der Waals surface area contributed by atoms with E-state index in [0.29, 0.717) is 43.7 Å². The van der Waals surface area contributed by atoms with Gasteiger partial charge in [0.15, 0.2) is 0 Å². The molecule has 0 saturated carbocycles. The second kappa shape index (κ2) is 8.60. The van der Waals surface area contributed by atoms with E-state index in [1.165, 1.54) is 12.1 Å². The molecule has 1 saturated heterocycles. The van der Waals surface area contributed by atoms with Crippen molar-refractivity contribution in [2.24, 2.45) is 0 Å². The molecule has 0 unspecified atom stereocenters. The van der Waals surface area contributed by atoms with Crippen molar-refractivity contribution in [2.45, 2.75) is 31.2 Å². The fourth-order valence-electron chi connectivity index (χ4n) is 3.58. The molecule has 1 amide bonds. The Kier molecular flexibility index (Phi) is 5.88. The van der Waals surface area contributed by atoms with Crippen LogP contribution in [0.15, 0.2) is 60.7 Å². The van der Waals surface area contributed by atoms with Gasteiger partial charge in [0.1, 0.15) is 5.60 Å². The van der Waals surface area contributed by atoms with E-state index in [0.717, 1.165) is 17.7 Å². The summed E-state index contributed by atoms with van der Waals surface area (Å²) in [5.74, 6) is 0. The lowest BCUT2D eigenvalue weighted by atomic mass is 9.91. The van der Waals surface area contributed by atoms with E-state index >= 15 is 0 Å². The maximum atomic E-state index is 12.7. The van der Waals surface area contributed by atoms with Crippen molar-refractivity contribution < 1.29 is 27.6 Å². The lowest BCUT2D eigenvalue weighted by Gasteiger charge is -2.35. The van der Waals surface area contributed by atoms with Crippen LogP contribution in [0.1, 0.15) is 29.5 Å². The molecule has 0 radical (unpaired) electrons. The Bertz CT molecular complexity index is 938. The van der Waals surface area contributed by atoms with Gasteiger partial charge in [0.2, 0.25) is 0 Å². The third kappa shape index (κ3) is 5.18. The zero-order valence-electron chi connectivity index (χ0n) is 16.6. The molecule has 31 heavy (non-hydrogen) atoms. The smallest absolute Gasteiger partial charge is 0.351 e. The van der Waals surface area contributed by atoms with Crippen molar-refractivity contribution in [2.75, 3.05) is 13.1 Å². The predicted molar refractivity (Wildman–Crippen MR) is 107 cm³/mol. The van der Waals surface area contributed by atoms with Gasteiger partial charge in [-0.05, 0) is 42.2 Å². The van der Waals surface area contributed by atoms with E-state index in [-0.39, 0.29) is 0 Å². The molecule has 2 heterocycles. The fraction of sp³-hybridized carbons (Fsp3) is 0.318. The number of hydrogen-bond acceptors (Lipinski definition) is 5. The maximum absolute atomic E-state index is 12.7. The summed E-state index contributed by atoms with van der Waals surface area (Å²) in [7, 11) is 0. The van der Waals surface area contributed by atoms with Crippen molar-refractivity contribution in [3.8, 4) is 0 Å². The van der Waals surface area contributed by atoms with Crippen LogP contribution in [-0.4, -0.2) is 29.8 Å². The van der Waals surface area contributed by atoms with Crippen LogP contribution in [0, 0.1) is 0 Å². The molecule has 1 spiro atoms. The first-order valence-corrected chi connectivity index (χ1v) is 9.92. The zero-order chi connectivity index (χ0) is 21.9. The lowest BCUT2D eigenvalue weighted by Crippen LogP contribution is -2.46. The Morgan fingerprint density at radius 3 is 2.42 bits per heavy atom. The van der Waals surface area contributed by atoms with Gasteiger partial charge >= 0.3 is 12.3 Å². The highest BCUT2D eigenvalue weighted by molar-refractivity contribution is 5.67. The number of nitrogens with zero attached hydrogens (tertiary/aromatic N) is 1. The highest BCUT2D eigenvalue weighted by Crippen LogP contribution is 2.36. The molecule has 164 valence electrons. The molecule has 0 bridgehead atoms. The number of carbonyl (C=O) groups is 1. The molecule has 2 aromatic carbocycles. The minimum Gasteiger partial charge on any atom is -0.351 e. The molecule has 2 N–H and O–H groups in total. The number of hydroxylamine groups is 3. The highest BCUT2D eigenvalue weighted by Gasteiger charge is 2.40. The van der Waals surface area contributed by atoms with E-state index in [2.05, 4.69) is 10.8 Å². The SMILES string of the molecule is O=C(NCc1ccccc1)ON1CCC2(C=C(c3ccc(C(F)(F)F)cc3)NO2)CC1. The first-order chi connectivity index (χ1) is 14.8.